The molecule has 2 heterocycles. The number of aryl methyl sites for hydroxylation is 1. The third-order valence-corrected chi connectivity index (χ3v) is 6.74. The Kier molecular flexibility index (Phi) is 4.73. The predicted molar refractivity (Wildman–Crippen MR) is 119 cm³/mol. The number of fused-ring (bicyclic) bond motifs is 2. The van der Waals surface area contributed by atoms with Gasteiger partial charge < -0.3 is 0 Å². The summed E-state index contributed by atoms with van der Waals surface area (Å²) in [6.07, 6.45) is 0. The van der Waals surface area contributed by atoms with Gasteiger partial charge in [-0.1, -0.05) is 54.2 Å². The third kappa shape index (κ3) is 3.50. The Labute approximate surface area is 175 Å². The number of nitrogens with zero attached hydrogens (tertiary/aromatic N) is 3. The minimum absolute atomic E-state index is 0.263. The first-order chi connectivity index (χ1) is 14.2. The van der Waals surface area contributed by atoms with Crippen LogP contribution in [0.3, 0.4) is 0 Å². The molecule has 5 rings (SSSR count). The van der Waals surface area contributed by atoms with Crippen LogP contribution >= 0.6 is 23.1 Å². The molecule has 0 spiro atoms. The van der Waals surface area contributed by atoms with Gasteiger partial charge in [0, 0.05) is 11.3 Å². The Hall–Kier alpha value is -2.83. The molecule has 5 aromatic rings. The molecule has 0 aliphatic carbocycles. The fourth-order valence-electron chi connectivity index (χ4n) is 3.38. The summed E-state index contributed by atoms with van der Waals surface area (Å²) < 4.78 is 14.3. The zero-order chi connectivity index (χ0) is 19.8. The molecule has 0 radical (unpaired) electrons. The topological polar surface area (TPSA) is 38.7 Å². The van der Waals surface area contributed by atoms with Crippen molar-refractivity contribution in [3.63, 3.8) is 0 Å². The zero-order valence-corrected chi connectivity index (χ0v) is 17.2. The fourth-order valence-corrected chi connectivity index (χ4v) is 5.30. The molecule has 2 aromatic heterocycles. The molecule has 0 atom stereocenters. The average Bonchev–Trinajstić information content (AvgIpc) is 3.14. The van der Waals surface area contributed by atoms with Crippen LogP contribution in [-0.4, -0.2) is 15.2 Å². The van der Waals surface area contributed by atoms with Crippen LogP contribution < -0.4 is 0 Å². The van der Waals surface area contributed by atoms with Crippen LogP contribution in [0.1, 0.15) is 10.6 Å². The zero-order valence-electron chi connectivity index (χ0n) is 15.6. The molecule has 0 amide bonds. The highest BCUT2D eigenvalue weighted by Gasteiger charge is 2.16. The number of hydrogen-bond acceptors (Lipinski definition) is 5. The van der Waals surface area contributed by atoms with Crippen LogP contribution in [0.2, 0.25) is 0 Å². The number of benzene rings is 3. The number of aromatic nitrogens is 3. The van der Waals surface area contributed by atoms with E-state index in [0.29, 0.717) is 0 Å². The summed E-state index contributed by atoms with van der Waals surface area (Å²) in [4.78, 5) is 4.71. The third-order valence-electron chi connectivity index (χ3n) is 4.75. The van der Waals surface area contributed by atoms with E-state index in [-0.39, 0.29) is 5.82 Å². The molecule has 0 saturated carbocycles. The lowest BCUT2D eigenvalue weighted by Gasteiger charge is -2.07. The van der Waals surface area contributed by atoms with Crippen LogP contribution in [0.4, 0.5) is 4.39 Å². The van der Waals surface area contributed by atoms with Gasteiger partial charge in [0.25, 0.3) is 0 Å². The van der Waals surface area contributed by atoms with E-state index in [2.05, 4.69) is 52.7 Å². The maximum absolute atomic E-state index is 13.3. The summed E-state index contributed by atoms with van der Waals surface area (Å²) in [6.45, 7) is 1.98. The Bertz CT molecular complexity index is 1320. The lowest BCUT2D eigenvalue weighted by Crippen LogP contribution is -1.93. The summed E-state index contributed by atoms with van der Waals surface area (Å²) in [7, 11) is 0. The molecule has 0 N–H and O–H groups in total. The molecule has 0 saturated heterocycles. The van der Waals surface area contributed by atoms with E-state index in [4.69, 9.17) is 4.98 Å². The Morgan fingerprint density at radius 2 is 1.72 bits per heavy atom. The van der Waals surface area contributed by atoms with Crippen LogP contribution in [0, 0.1) is 12.7 Å². The Morgan fingerprint density at radius 1 is 0.931 bits per heavy atom. The van der Waals surface area contributed by atoms with Gasteiger partial charge in [-0.3, -0.25) is 0 Å². The van der Waals surface area contributed by atoms with E-state index < -0.39 is 0 Å². The first-order valence-electron chi connectivity index (χ1n) is 9.18. The van der Waals surface area contributed by atoms with Gasteiger partial charge in [-0.2, -0.15) is 0 Å². The molecule has 3 nitrogen and oxygen atoms in total. The minimum atomic E-state index is -0.263. The molecule has 0 bridgehead atoms. The van der Waals surface area contributed by atoms with Crippen LogP contribution in [0.15, 0.2) is 71.8 Å². The van der Waals surface area contributed by atoms with Crippen molar-refractivity contribution in [1.29, 1.82) is 0 Å². The van der Waals surface area contributed by atoms with Gasteiger partial charge in [0.05, 0.1) is 9.71 Å². The summed E-state index contributed by atoms with van der Waals surface area (Å²) in [6, 6.07) is 21.1. The molecular formula is C23H16FN3S2. The average molecular weight is 418 g/mol. The Morgan fingerprint density at radius 3 is 2.59 bits per heavy atom. The molecule has 0 aliphatic heterocycles. The van der Waals surface area contributed by atoms with E-state index in [1.54, 1.807) is 35.2 Å². The number of hydrogen-bond donors (Lipinski definition) is 0. The van der Waals surface area contributed by atoms with Crippen molar-refractivity contribution >= 4 is 44.1 Å². The molecule has 29 heavy (non-hydrogen) atoms. The SMILES string of the molecule is Cc1nc2c(SCc3cccc4ccccc34)nnc(-c3ccc(F)cc3)c2s1. The second-order valence-corrected chi connectivity index (χ2v) is 8.87. The van der Waals surface area contributed by atoms with E-state index in [0.717, 1.165) is 37.3 Å². The fraction of sp³-hybridized carbons (Fsp3) is 0.0870. The van der Waals surface area contributed by atoms with Gasteiger partial charge in [-0.15, -0.1) is 21.5 Å². The molecule has 3 aromatic carbocycles. The molecular weight excluding hydrogens is 401 g/mol. The first kappa shape index (κ1) is 18.2. The van der Waals surface area contributed by atoms with E-state index in [9.17, 15) is 4.39 Å². The number of thioether (sulfide) groups is 1. The van der Waals surface area contributed by atoms with Gasteiger partial charge in [-0.25, -0.2) is 9.37 Å². The van der Waals surface area contributed by atoms with Crippen LogP contribution in [-0.2, 0) is 5.75 Å². The molecule has 6 heteroatoms. The van der Waals surface area contributed by atoms with Crippen molar-refractivity contribution in [1.82, 2.24) is 15.2 Å². The van der Waals surface area contributed by atoms with Gasteiger partial charge in [-0.05, 0) is 47.5 Å². The van der Waals surface area contributed by atoms with E-state index in [1.165, 1.54) is 28.5 Å². The number of rotatable bonds is 4. The van der Waals surface area contributed by atoms with Crippen molar-refractivity contribution in [2.75, 3.05) is 0 Å². The van der Waals surface area contributed by atoms with Gasteiger partial charge in [0.2, 0.25) is 0 Å². The van der Waals surface area contributed by atoms with Crippen LogP contribution in [0.5, 0.6) is 0 Å². The second kappa shape index (κ2) is 7.54. The van der Waals surface area contributed by atoms with Crippen molar-refractivity contribution in [2.24, 2.45) is 0 Å². The summed E-state index contributed by atoms with van der Waals surface area (Å²) in [5.41, 5.74) is 3.72. The lowest BCUT2D eigenvalue weighted by atomic mass is 10.1. The van der Waals surface area contributed by atoms with Crippen molar-refractivity contribution in [3.8, 4) is 11.3 Å². The number of thiazole rings is 1. The van der Waals surface area contributed by atoms with E-state index in [1.807, 2.05) is 6.92 Å². The van der Waals surface area contributed by atoms with Crippen molar-refractivity contribution in [3.05, 3.63) is 83.1 Å². The molecule has 0 fully saturated rings. The maximum Gasteiger partial charge on any atom is 0.146 e. The van der Waals surface area contributed by atoms with Gasteiger partial charge in [0.15, 0.2) is 0 Å². The normalized spacial score (nSPS) is 11.4. The summed E-state index contributed by atoms with van der Waals surface area (Å²) in [5, 5.41) is 13.2. The quantitative estimate of drug-likeness (QED) is 0.307. The van der Waals surface area contributed by atoms with Crippen molar-refractivity contribution in [2.45, 2.75) is 17.7 Å². The van der Waals surface area contributed by atoms with Crippen molar-refractivity contribution < 1.29 is 4.39 Å². The highest BCUT2D eigenvalue weighted by atomic mass is 32.2. The summed E-state index contributed by atoms with van der Waals surface area (Å²) >= 11 is 3.24. The van der Waals surface area contributed by atoms with E-state index >= 15 is 0 Å². The monoisotopic (exact) mass is 417 g/mol. The highest BCUT2D eigenvalue weighted by molar-refractivity contribution is 7.98. The Balaban J connectivity index is 1.52. The number of halogens is 1. The molecule has 0 unspecified atom stereocenters. The van der Waals surface area contributed by atoms with Gasteiger partial charge in [0.1, 0.15) is 22.1 Å². The first-order valence-corrected chi connectivity index (χ1v) is 11.0. The summed E-state index contributed by atoms with van der Waals surface area (Å²) in [5.74, 6) is 0.526. The smallest absolute Gasteiger partial charge is 0.146 e. The highest BCUT2D eigenvalue weighted by Crippen LogP contribution is 2.36. The predicted octanol–water partition coefficient (Wildman–Crippen LogP) is 6.65. The largest absolute Gasteiger partial charge is 0.238 e. The standard InChI is InChI=1S/C23H16FN3S2/c1-14-25-21-22(29-14)20(16-9-11-18(24)12-10-16)26-27-23(21)28-13-17-7-4-6-15-5-2-3-8-19(15)17/h2-12H,13H2,1H3. The lowest BCUT2D eigenvalue weighted by molar-refractivity contribution is 0.628. The maximum atomic E-state index is 13.3. The molecule has 0 aliphatic rings. The van der Waals surface area contributed by atoms with Crippen LogP contribution in [0.25, 0.3) is 32.2 Å². The molecule has 142 valence electrons. The minimum Gasteiger partial charge on any atom is -0.238 e. The van der Waals surface area contributed by atoms with Gasteiger partial charge >= 0.3 is 0 Å². The second-order valence-electron chi connectivity index (χ2n) is 6.70.